The molecular weight excluding hydrogens is 238 g/mol. The summed E-state index contributed by atoms with van der Waals surface area (Å²) in [7, 11) is 0. The van der Waals surface area contributed by atoms with E-state index in [9.17, 15) is 9.59 Å². The van der Waals surface area contributed by atoms with Gasteiger partial charge in [-0.3, -0.25) is 0 Å². The summed E-state index contributed by atoms with van der Waals surface area (Å²) in [5.74, 6) is -1.85. The van der Waals surface area contributed by atoms with Crippen LogP contribution in [0.5, 0.6) is 0 Å². The van der Waals surface area contributed by atoms with Crippen molar-refractivity contribution in [1.29, 1.82) is 0 Å². The largest absolute Gasteiger partial charge is 0.478 e. The van der Waals surface area contributed by atoms with Crippen LogP contribution >= 0.6 is 0 Å². The van der Waals surface area contributed by atoms with E-state index in [1.54, 1.807) is 12.1 Å². The van der Waals surface area contributed by atoms with Crippen molar-refractivity contribution in [2.24, 2.45) is 0 Å². The zero-order valence-electron chi connectivity index (χ0n) is 9.59. The summed E-state index contributed by atoms with van der Waals surface area (Å²) in [4.78, 5) is 22.8. The smallest absolute Gasteiger partial charge is 0.341 e. The summed E-state index contributed by atoms with van der Waals surface area (Å²) < 4.78 is 10.3. The van der Waals surface area contributed by atoms with Crippen molar-refractivity contribution in [3.63, 3.8) is 0 Å². The Morgan fingerprint density at radius 3 is 2.67 bits per heavy atom. The van der Waals surface area contributed by atoms with E-state index in [1.165, 1.54) is 12.1 Å². The maximum atomic E-state index is 11.8. The van der Waals surface area contributed by atoms with Gasteiger partial charge in [-0.15, -0.1) is 0 Å². The van der Waals surface area contributed by atoms with Gasteiger partial charge in [0.15, 0.2) is 0 Å². The van der Waals surface area contributed by atoms with Crippen LogP contribution in [0.1, 0.15) is 20.7 Å². The Morgan fingerprint density at radius 2 is 2.06 bits per heavy atom. The number of morpholine rings is 1. The Hall–Kier alpha value is -1.92. The normalized spacial score (nSPS) is 19.2. The molecule has 1 aliphatic heterocycles. The maximum Gasteiger partial charge on any atom is 0.341 e. The number of nitrogens with one attached hydrogen (secondary N) is 1. The first-order valence-corrected chi connectivity index (χ1v) is 5.54. The number of benzene rings is 1. The van der Waals surface area contributed by atoms with Gasteiger partial charge in [0.25, 0.3) is 0 Å². The van der Waals surface area contributed by atoms with Gasteiger partial charge in [-0.05, 0) is 12.1 Å². The number of carboxylic acids is 1. The highest BCUT2D eigenvalue weighted by atomic mass is 16.7. The molecule has 18 heavy (non-hydrogen) atoms. The van der Waals surface area contributed by atoms with Crippen molar-refractivity contribution in [2.75, 3.05) is 19.7 Å². The van der Waals surface area contributed by atoms with Crippen molar-refractivity contribution in [3.05, 3.63) is 35.4 Å². The van der Waals surface area contributed by atoms with Crippen LogP contribution < -0.4 is 5.32 Å². The second-order valence-corrected chi connectivity index (χ2v) is 3.76. The topological polar surface area (TPSA) is 84.9 Å². The van der Waals surface area contributed by atoms with E-state index < -0.39 is 18.2 Å². The molecule has 0 aliphatic carbocycles. The number of aromatic carboxylic acids is 1. The minimum Gasteiger partial charge on any atom is -0.478 e. The molecule has 6 heteroatoms. The maximum absolute atomic E-state index is 11.8. The van der Waals surface area contributed by atoms with E-state index in [4.69, 9.17) is 14.6 Å². The number of hydrogen-bond donors (Lipinski definition) is 2. The van der Waals surface area contributed by atoms with Crippen LogP contribution in [0.4, 0.5) is 0 Å². The summed E-state index contributed by atoms with van der Waals surface area (Å²) >= 11 is 0. The molecule has 1 atom stereocenters. The highest BCUT2D eigenvalue weighted by Gasteiger charge is 2.22. The summed E-state index contributed by atoms with van der Waals surface area (Å²) in [6.45, 7) is 1.57. The number of carbonyl (C=O) groups is 2. The Kier molecular flexibility index (Phi) is 3.91. The Labute approximate surface area is 104 Å². The zero-order chi connectivity index (χ0) is 13.0. The fourth-order valence-corrected chi connectivity index (χ4v) is 1.65. The van der Waals surface area contributed by atoms with E-state index in [-0.39, 0.29) is 11.1 Å². The lowest BCUT2D eigenvalue weighted by molar-refractivity contribution is -0.121. The lowest BCUT2D eigenvalue weighted by atomic mass is 10.1. The Morgan fingerprint density at radius 1 is 1.33 bits per heavy atom. The molecule has 2 rings (SSSR count). The first-order valence-electron chi connectivity index (χ1n) is 5.54. The van der Waals surface area contributed by atoms with Gasteiger partial charge in [-0.25, -0.2) is 9.59 Å². The molecule has 0 aromatic heterocycles. The molecule has 0 amide bonds. The molecule has 1 saturated heterocycles. The summed E-state index contributed by atoms with van der Waals surface area (Å²) in [6.07, 6.45) is -0.673. The van der Waals surface area contributed by atoms with Crippen LogP contribution in [-0.2, 0) is 9.47 Å². The molecule has 6 nitrogen and oxygen atoms in total. The average molecular weight is 251 g/mol. The molecule has 0 bridgehead atoms. The van der Waals surface area contributed by atoms with Crippen molar-refractivity contribution in [1.82, 2.24) is 5.32 Å². The van der Waals surface area contributed by atoms with Crippen LogP contribution in [0.3, 0.4) is 0 Å². The number of rotatable bonds is 3. The molecule has 2 N–H and O–H groups in total. The van der Waals surface area contributed by atoms with E-state index >= 15 is 0 Å². The quantitative estimate of drug-likeness (QED) is 0.760. The van der Waals surface area contributed by atoms with Gasteiger partial charge < -0.3 is 19.9 Å². The summed E-state index contributed by atoms with van der Waals surface area (Å²) in [6, 6.07) is 5.92. The number of hydrogen-bond acceptors (Lipinski definition) is 5. The predicted molar refractivity (Wildman–Crippen MR) is 61.4 cm³/mol. The summed E-state index contributed by atoms with van der Waals surface area (Å²) in [5, 5.41) is 12.0. The number of esters is 1. The van der Waals surface area contributed by atoms with Crippen molar-refractivity contribution < 1.29 is 24.2 Å². The zero-order valence-corrected chi connectivity index (χ0v) is 9.59. The average Bonchev–Trinajstić information content (AvgIpc) is 2.40. The van der Waals surface area contributed by atoms with Crippen molar-refractivity contribution in [3.8, 4) is 0 Å². The van der Waals surface area contributed by atoms with E-state index in [1.807, 2.05) is 0 Å². The molecule has 1 unspecified atom stereocenters. The molecule has 1 aliphatic rings. The van der Waals surface area contributed by atoms with Crippen LogP contribution in [0.25, 0.3) is 0 Å². The van der Waals surface area contributed by atoms with Crippen LogP contribution in [0.15, 0.2) is 24.3 Å². The highest BCUT2D eigenvalue weighted by Crippen LogP contribution is 2.12. The summed E-state index contributed by atoms with van der Waals surface area (Å²) in [5.41, 5.74) is -0.0505. The molecule has 1 heterocycles. The molecular formula is C12H13NO5. The van der Waals surface area contributed by atoms with Gasteiger partial charge in [-0.1, -0.05) is 12.1 Å². The van der Waals surface area contributed by atoms with Gasteiger partial charge in [0.05, 0.1) is 24.3 Å². The standard InChI is InChI=1S/C12H13NO5/c14-11(15)8-3-1-2-4-9(8)12(16)18-10-7-13-5-6-17-10/h1-4,10,13H,5-7H2,(H,14,15). The fraction of sp³-hybridized carbons (Fsp3) is 0.333. The minimum absolute atomic E-state index is 0.0270. The third kappa shape index (κ3) is 2.85. The third-order valence-electron chi connectivity index (χ3n) is 2.51. The Bertz CT molecular complexity index is 454. The van der Waals surface area contributed by atoms with Gasteiger partial charge in [0, 0.05) is 6.54 Å². The van der Waals surface area contributed by atoms with Crippen molar-refractivity contribution in [2.45, 2.75) is 6.29 Å². The van der Waals surface area contributed by atoms with Gasteiger partial charge in [-0.2, -0.15) is 0 Å². The van der Waals surface area contributed by atoms with Crippen LogP contribution in [-0.4, -0.2) is 43.0 Å². The van der Waals surface area contributed by atoms with E-state index in [2.05, 4.69) is 5.32 Å². The first kappa shape index (κ1) is 12.5. The number of carbonyl (C=O) groups excluding carboxylic acids is 1. The van der Waals surface area contributed by atoms with Gasteiger partial charge >= 0.3 is 11.9 Å². The monoisotopic (exact) mass is 251 g/mol. The molecule has 1 fully saturated rings. The first-order chi connectivity index (χ1) is 8.68. The number of ether oxygens (including phenoxy) is 2. The van der Waals surface area contributed by atoms with Crippen LogP contribution in [0.2, 0.25) is 0 Å². The second kappa shape index (κ2) is 5.61. The highest BCUT2D eigenvalue weighted by molar-refractivity contribution is 6.02. The van der Waals surface area contributed by atoms with Gasteiger partial charge in [0.2, 0.25) is 6.29 Å². The molecule has 0 spiro atoms. The van der Waals surface area contributed by atoms with E-state index in [0.717, 1.165) is 0 Å². The molecule has 1 aromatic carbocycles. The SMILES string of the molecule is O=C(O)c1ccccc1C(=O)OC1CNCCO1. The molecule has 0 radical (unpaired) electrons. The predicted octanol–water partition coefficient (Wildman–Crippen LogP) is 0.488. The van der Waals surface area contributed by atoms with Crippen LogP contribution in [0, 0.1) is 0 Å². The fourth-order valence-electron chi connectivity index (χ4n) is 1.65. The lowest BCUT2D eigenvalue weighted by Gasteiger charge is -2.23. The van der Waals surface area contributed by atoms with Gasteiger partial charge in [0.1, 0.15) is 0 Å². The van der Waals surface area contributed by atoms with Crippen molar-refractivity contribution >= 4 is 11.9 Å². The lowest BCUT2D eigenvalue weighted by Crippen LogP contribution is -2.41. The minimum atomic E-state index is -1.16. The second-order valence-electron chi connectivity index (χ2n) is 3.76. The molecule has 0 saturated carbocycles. The third-order valence-corrected chi connectivity index (χ3v) is 2.51. The number of carboxylic acid groups (broad SMARTS) is 1. The van der Waals surface area contributed by atoms with E-state index in [0.29, 0.717) is 19.7 Å². The molecule has 1 aromatic rings. The molecule has 96 valence electrons. The Balaban J connectivity index is 2.10.